The number of nitrogens with one attached hydrogen (secondary N) is 2. The predicted molar refractivity (Wildman–Crippen MR) is 94.3 cm³/mol. The summed E-state index contributed by atoms with van der Waals surface area (Å²) in [6.45, 7) is 4.11. The lowest BCUT2D eigenvalue weighted by Crippen LogP contribution is -2.30. The van der Waals surface area contributed by atoms with E-state index in [0.717, 1.165) is 27.3 Å². The van der Waals surface area contributed by atoms with E-state index in [2.05, 4.69) is 10.6 Å². The SMILES string of the molecule is Cc1ccc(NC(=O)c2cccc(CN3C(=O)CNC3=O)c2)c(C)c1. The number of aryl methyl sites for hydroxylation is 2. The summed E-state index contributed by atoms with van der Waals surface area (Å²) < 4.78 is 0. The zero-order valence-electron chi connectivity index (χ0n) is 14.1. The van der Waals surface area contributed by atoms with Crippen molar-refractivity contribution >= 4 is 23.5 Å². The highest BCUT2D eigenvalue weighted by Crippen LogP contribution is 2.18. The molecule has 1 fully saturated rings. The molecule has 128 valence electrons. The molecule has 0 spiro atoms. The van der Waals surface area contributed by atoms with Crippen LogP contribution in [0.2, 0.25) is 0 Å². The van der Waals surface area contributed by atoms with Gasteiger partial charge in [-0.15, -0.1) is 0 Å². The van der Waals surface area contributed by atoms with Crippen LogP contribution in [0.5, 0.6) is 0 Å². The molecule has 1 aliphatic rings. The fraction of sp³-hybridized carbons (Fsp3) is 0.211. The number of amides is 4. The Labute approximate surface area is 145 Å². The van der Waals surface area contributed by atoms with Gasteiger partial charge in [0.2, 0.25) is 5.91 Å². The zero-order chi connectivity index (χ0) is 18.0. The Morgan fingerprint density at radius 3 is 2.64 bits per heavy atom. The second-order valence-corrected chi connectivity index (χ2v) is 6.11. The summed E-state index contributed by atoms with van der Waals surface area (Å²) in [6, 6.07) is 12.3. The van der Waals surface area contributed by atoms with E-state index in [9.17, 15) is 14.4 Å². The van der Waals surface area contributed by atoms with E-state index in [1.165, 1.54) is 0 Å². The molecule has 2 aromatic rings. The summed E-state index contributed by atoms with van der Waals surface area (Å²) in [5, 5.41) is 5.37. The molecule has 0 unspecified atom stereocenters. The first kappa shape index (κ1) is 16.7. The normalized spacial score (nSPS) is 13.8. The van der Waals surface area contributed by atoms with Gasteiger partial charge in [-0.25, -0.2) is 4.79 Å². The smallest absolute Gasteiger partial charge is 0.324 e. The molecule has 2 N–H and O–H groups in total. The summed E-state index contributed by atoms with van der Waals surface area (Å²) in [5.74, 6) is -0.499. The highest BCUT2D eigenvalue weighted by atomic mass is 16.2. The molecule has 0 atom stereocenters. The summed E-state index contributed by atoms with van der Waals surface area (Å²) in [6.07, 6.45) is 0. The summed E-state index contributed by atoms with van der Waals surface area (Å²) in [4.78, 5) is 36.9. The van der Waals surface area contributed by atoms with Crippen molar-refractivity contribution < 1.29 is 14.4 Å². The van der Waals surface area contributed by atoms with Crippen LogP contribution < -0.4 is 10.6 Å². The third-order valence-corrected chi connectivity index (χ3v) is 4.10. The van der Waals surface area contributed by atoms with E-state index < -0.39 is 6.03 Å². The van der Waals surface area contributed by atoms with Crippen molar-refractivity contribution in [2.24, 2.45) is 0 Å². The van der Waals surface area contributed by atoms with Crippen LogP contribution in [0, 0.1) is 13.8 Å². The molecule has 25 heavy (non-hydrogen) atoms. The number of urea groups is 1. The lowest BCUT2D eigenvalue weighted by atomic mass is 10.1. The molecule has 0 aromatic heterocycles. The molecule has 6 heteroatoms. The number of carbonyl (C=O) groups is 3. The average Bonchev–Trinajstić information content (AvgIpc) is 2.89. The van der Waals surface area contributed by atoms with Crippen molar-refractivity contribution in [2.75, 3.05) is 11.9 Å². The molecule has 1 saturated heterocycles. The van der Waals surface area contributed by atoms with Gasteiger partial charge in [-0.2, -0.15) is 0 Å². The highest BCUT2D eigenvalue weighted by Gasteiger charge is 2.28. The minimum atomic E-state index is -0.407. The Kier molecular flexibility index (Phi) is 4.52. The number of hydrogen-bond donors (Lipinski definition) is 2. The topological polar surface area (TPSA) is 78.5 Å². The van der Waals surface area contributed by atoms with Gasteiger partial charge in [-0.1, -0.05) is 29.8 Å². The van der Waals surface area contributed by atoms with Gasteiger partial charge in [0, 0.05) is 11.3 Å². The van der Waals surface area contributed by atoms with Crippen molar-refractivity contribution in [3.8, 4) is 0 Å². The monoisotopic (exact) mass is 337 g/mol. The van der Waals surface area contributed by atoms with Crippen molar-refractivity contribution in [1.29, 1.82) is 0 Å². The lowest BCUT2D eigenvalue weighted by Gasteiger charge is -2.13. The molecule has 6 nitrogen and oxygen atoms in total. The molecule has 0 bridgehead atoms. The fourth-order valence-electron chi connectivity index (χ4n) is 2.76. The quantitative estimate of drug-likeness (QED) is 0.842. The van der Waals surface area contributed by atoms with E-state index in [-0.39, 0.29) is 24.9 Å². The van der Waals surface area contributed by atoms with Crippen LogP contribution in [0.3, 0.4) is 0 Å². The molecule has 1 heterocycles. The maximum absolute atomic E-state index is 12.5. The van der Waals surface area contributed by atoms with E-state index in [1.54, 1.807) is 24.3 Å². The molecular formula is C19H19N3O3. The Morgan fingerprint density at radius 2 is 1.96 bits per heavy atom. The fourth-order valence-corrected chi connectivity index (χ4v) is 2.76. The first-order valence-electron chi connectivity index (χ1n) is 8.00. The lowest BCUT2D eigenvalue weighted by molar-refractivity contribution is -0.125. The second-order valence-electron chi connectivity index (χ2n) is 6.11. The summed E-state index contributed by atoms with van der Waals surface area (Å²) >= 11 is 0. The highest BCUT2D eigenvalue weighted by molar-refractivity contribution is 6.05. The molecule has 3 rings (SSSR count). The predicted octanol–water partition coefficient (Wildman–Crippen LogP) is 2.61. The molecule has 2 aromatic carbocycles. The number of anilines is 1. The molecule has 0 saturated carbocycles. The number of nitrogens with zero attached hydrogens (tertiary/aromatic N) is 1. The number of carbonyl (C=O) groups excluding carboxylic acids is 3. The minimum absolute atomic E-state index is 0.0196. The summed E-state index contributed by atoms with van der Waals surface area (Å²) in [5.41, 5.74) is 4.08. The Hall–Kier alpha value is -3.15. The van der Waals surface area contributed by atoms with Gasteiger partial charge >= 0.3 is 6.03 Å². The summed E-state index contributed by atoms with van der Waals surface area (Å²) in [7, 11) is 0. The molecule has 1 aliphatic heterocycles. The van der Waals surface area contributed by atoms with Gasteiger partial charge in [-0.05, 0) is 43.2 Å². The Morgan fingerprint density at radius 1 is 1.16 bits per heavy atom. The molecule has 0 radical (unpaired) electrons. The molecular weight excluding hydrogens is 318 g/mol. The van der Waals surface area contributed by atoms with Crippen LogP contribution in [0.1, 0.15) is 27.0 Å². The standard InChI is InChI=1S/C19H19N3O3/c1-12-6-7-16(13(2)8-12)21-18(24)15-5-3-4-14(9-15)11-22-17(23)10-20-19(22)25/h3-9H,10-11H2,1-2H3,(H,20,25)(H,21,24). The van der Waals surface area contributed by atoms with Crippen LogP contribution in [0.25, 0.3) is 0 Å². The second kappa shape index (κ2) is 6.76. The maximum Gasteiger partial charge on any atom is 0.324 e. The van der Waals surface area contributed by atoms with Crippen molar-refractivity contribution in [3.05, 3.63) is 64.7 Å². The number of imide groups is 1. The van der Waals surface area contributed by atoms with E-state index in [4.69, 9.17) is 0 Å². The largest absolute Gasteiger partial charge is 0.329 e. The van der Waals surface area contributed by atoms with Crippen LogP contribution in [-0.2, 0) is 11.3 Å². The minimum Gasteiger partial charge on any atom is -0.329 e. The third-order valence-electron chi connectivity index (χ3n) is 4.10. The van der Waals surface area contributed by atoms with Crippen LogP contribution >= 0.6 is 0 Å². The van der Waals surface area contributed by atoms with Gasteiger partial charge in [0.25, 0.3) is 5.91 Å². The number of hydrogen-bond acceptors (Lipinski definition) is 3. The van der Waals surface area contributed by atoms with E-state index >= 15 is 0 Å². The first-order valence-corrected chi connectivity index (χ1v) is 8.00. The van der Waals surface area contributed by atoms with Crippen LogP contribution in [-0.4, -0.2) is 29.3 Å². The first-order chi connectivity index (χ1) is 11.9. The van der Waals surface area contributed by atoms with Gasteiger partial charge in [0.15, 0.2) is 0 Å². The van der Waals surface area contributed by atoms with Crippen molar-refractivity contribution in [2.45, 2.75) is 20.4 Å². The number of benzene rings is 2. The number of rotatable bonds is 4. The maximum atomic E-state index is 12.5. The van der Waals surface area contributed by atoms with E-state index in [1.807, 2.05) is 32.0 Å². The van der Waals surface area contributed by atoms with Crippen LogP contribution in [0.4, 0.5) is 10.5 Å². The Balaban J connectivity index is 1.75. The van der Waals surface area contributed by atoms with Crippen LogP contribution in [0.15, 0.2) is 42.5 Å². The third kappa shape index (κ3) is 3.68. The van der Waals surface area contributed by atoms with Gasteiger partial charge in [-0.3, -0.25) is 14.5 Å². The van der Waals surface area contributed by atoms with Gasteiger partial charge < -0.3 is 10.6 Å². The van der Waals surface area contributed by atoms with Crippen molar-refractivity contribution in [1.82, 2.24) is 10.2 Å². The zero-order valence-corrected chi connectivity index (χ0v) is 14.1. The van der Waals surface area contributed by atoms with E-state index in [0.29, 0.717) is 5.56 Å². The van der Waals surface area contributed by atoms with Gasteiger partial charge in [0.05, 0.1) is 13.1 Å². The average molecular weight is 337 g/mol. The van der Waals surface area contributed by atoms with Gasteiger partial charge in [0.1, 0.15) is 0 Å². The molecule has 0 aliphatic carbocycles. The van der Waals surface area contributed by atoms with Crippen molar-refractivity contribution in [3.63, 3.8) is 0 Å². The molecule has 4 amide bonds. The Bertz CT molecular complexity index is 845.